The zero-order valence-corrected chi connectivity index (χ0v) is 14.7. The van der Waals surface area contributed by atoms with Crippen LogP contribution < -0.4 is 10.6 Å². The second-order valence-corrected chi connectivity index (χ2v) is 6.95. The summed E-state index contributed by atoms with van der Waals surface area (Å²) in [5, 5.41) is 6.76. The molecule has 1 aromatic heterocycles. The van der Waals surface area contributed by atoms with Gasteiger partial charge in [-0.1, -0.05) is 39.5 Å². The Morgan fingerprint density at radius 3 is 2.33 bits per heavy atom. The molecule has 2 rings (SSSR count). The molecule has 1 aliphatic rings. The molecule has 0 atom stereocenters. The van der Waals surface area contributed by atoms with E-state index in [4.69, 9.17) is 0 Å². The highest BCUT2D eigenvalue weighted by atomic mass is 79.9. The zero-order chi connectivity index (χ0) is 15.1. The van der Waals surface area contributed by atoms with E-state index in [1.54, 1.807) is 6.33 Å². The summed E-state index contributed by atoms with van der Waals surface area (Å²) in [7, 11) is 0. The summed E-state index contributed by atoms with van der Waals surface area (Å²) in [6.07, 6.45) is 9.50. The van der Waals surface area contributed by atoms with Crippen molar-refractivity contribution in [3.8, 4) is 0 Å². The highest BCUT2D eigenvalue weighted by Gasteiger charge is 2.18. The third-order valence-electron chi connectivity index (χ3n) is 4.31. The summed E-state index contributed by atoms with van der Waals surface area (Å²) in [5.74, 6) is 3.58. The van der Waals surface area contributed by atoms with Crippen LogP contribution in [0, 0.1) is 11.8 Å². The molecule has 0 amide bonds. The Morgan fingerprint density at radius 1 is 1.10 bits per heavy atom. The van der Waals surface area contributed by atoms with Gasteiger partial charge in [-0.15, -0.1) is 0 Å². The smallest absolute Gasteiger partial charge is 0.145 e. The largest absolute Gasteiger partial charge is 0.369 e. The van der Waals surface area contributed by atoms with Crippen LogP contribution in [-0.2, 0) is 0 Å². The van der Waals surface area contributed by atoms with Gasteiger partial charge in [-0.3, -0.25) is 0 Å². The molecule has 118 valence electrons. The molecule has 0 bridgehead atoms. The Labute approximate surface area is 136 Å². The molecule has 0 unspecified atom stereocenters. The lowest BCUT2D eigenvalue weighted by atomic mass is 9.81. The molecule has 21 heavy (non-hydrogen) atoms. The molecule has 0 saturated heterocycles. The van der Waals surface area contributed by atoms with Crippen molar-refractivity contribution < 1.29 is 0 Å². The maximum Gasteiger partial charge on any atom is 0.145 e. The van der Waals surface area contributed by atoms with Crippen molar-refractivity contribution >= 4 is 27.6 Å². The van der Waals surface area contributed by atoms with Gasteiger partial charge >= 0.3 is 0 Å². The molecule has 1 aromatic rings. The number of hydrogen-bond acceptors (Lipinski definition) is 4. The molecular weight excluding hydrogens is 328 g/mol. The molecular formula is C16H27BrN4. The second kappa shape index (κ2) is 8.57. The minimum Gasteiger partial charge on any atom is -0.369 e. The Bertz CT molecular complexity index is 430. The molecule has 0 spiro atoms. The Kier molecular flexibility index (Phi) is 6.74. The van der Waals surface area contributed by atoms with Gasteiger partial charge in [0.15, 0.2) is 0 Å². The molecule has 1 heterocycles. The van der Waals surface area contributed by atoms with E-state index in [1.807, 2.05) is 0 Å². The number of nitrogens with one attached hydrogen (secondary N) is 2. The SMILES string of the molecule is CCCNc1ncnc(NCCC2CCC(C)CC2)c1Br. The monoisotopic (exact) mass is 354 g/mol. The average molecular weight is 355 g/mol. The van der Waals surface area contributed by atoms with Gasteiger partial charge in [-0.25, -0.2) is 9.97 Å². The molecule has 1 fully saturated rings. The first-order chi connectivity index (χ1) is 10.2. The van der Waals surface area contributed by atoms with Crippen LogP contribution in [0.5, 0.6) is 0 Å². The van der Waals surface area contributed by atoms with E-state index in [0.717, 1.165) is 47.5 Å². The maximum atomic E-state index is 4.33. The van der Waals surface area contributed by atoms with Gasteiger partial charge < -0.3 is 10.6 Å². The molecule has 4 nitrogen and oxygen atoms in total. The number of nitrogens with zero attached hydrogens (tertiary/aromatic N) is 2. The summed E-state index contributed by atoms with van der Waals surface area (Å²) in [6, 6.07) is 0. The van der Waals surface area contributed by atoms with E-state index in [0.29, 0.717) is 0 Å². The first kappa shape index (κ1) is 16.5. The highest BCUT2D eigenvalue weighted by molar-refractivity contribution is 9.10. The minimum atomic E-state index is 0.876. The second-order valence-electron chi connectivity index (χ2n) is 6.15. The van der Waals surface area contributed by atoms with Gasteiger partial charge in [-0.2, -0.15) is 0 Å². The van der Waals surface area contributed by atoms with Crippen molar-refractivity contribution in [2.45, 2.75) is 52.4 Å². The number of anilines is 2. The first-order valence-corrected chi connectivity index (χ1v) is 8.98. The van der Waals surface area contributed by atoms with Crippen LogP contribution in [0.2, 0.25) is 0 Å². The molecule has 1 aliphatic carbocycles. The summed E-state index contributed by atoms with van der Waals surface area (Å²) < 4.78 is 0.940. The average Bonchev–Trinajstić information content (AvgIpc) is 2.50. The lowest BCUT2D eigenvalue weighted by molar-refractivity contribution is 0.282. The van der Waals surface area contributed by atoms with Crippen molar-refractivity contribution in [2.24, 2.45) is 11.8 Å². The zero-order valence-electron chi connectivity index (χ0n) is 13.2. The van der Waals surface area contributed by atoms with E-state index in [9.17, 15) is 0 Å². The van der Waals surface area contributed by atoms with Crippen LogP contribution in [0.25, 0.3) is 0 Å². The Balaban J connectivity index is 1.80. The van der Waals surface area contributed by atoms with Gasteiger partial charge in [0.05, 0.1) is 0 Å². The molecule has 0 aromatic carbocycles. The van der Waals surface area contributed by atoms with E-state index < -0.39 is 0 Å². The highest BCUT2D eigenvalue weighted by Crippen LogP contribution is 2.31. The predicted molar refractivity (Wildman–Crippen MR) is 92.7 cm³/mol. The fourth-order valence-corrected chi connectivity index (χ4v) is 3.36. The quantitative estimate of drug-likeness (QED) is 0.745. The Morgan fingerprint density at radius 2 is 1.71 bits per heavy atom. The van der Waals surface area contributed by atoms with E-state index >= 15 is 0 Å². The number of hydrogen-bond donors (Lipinski definition) is 2. The normalized spacial score (nSPS) is 22.0. The molecule has 1 saturated carbocycles. The van der Waals surface area contributed by atoms with Crippen molar-refractivity contribution in [1.82, 2.24) is 9.97 Å². The van der Waals surface area contributed by atoms with Gasteiger partial charge in [0.2, 0.25) is 0 Å². The first-order valence-electron chi connectivity index (χ1n) is 8.19. The molecule has 2 N–H and O–H groups in total. The number of halogens is 1. The van der Waals surface area contributed by atoms with Gasteiger partial charge in [-0.05, 0) is 40.6 Å². The van der Waals surface area contributed by atoms with Crippen LogP contribution in [0.4, 0.5) is 11.6 Å². The lowest BCUT2D eigenvalue weighted by Crippen LogP contribution is -2.16. The summed E-state index contributed by atoms with van der Waals surface area (Å²) in [6.45, 7) is 6.43. The third kappa shape index (κ3) is 5.13. The standard InChI is InChI=1S/C16H27BrN4/c1-3-9-18-15-14(17)16(21-11-20-15)19-10-8-13-6-4-12(2)5-7-13/h11-13H,3-10H2,1-2H3,(H2,18,19,20,21). The van der Waals surface area contributed by atoms with Crippen LogP contribution in [-0.4, -0.2) is 23.1 Å². The van der Waals surface area contributed by atoms with Crippen LogP contribution in [0.15, 0.2) is 10.8 Å². The van der Waals surface area contributed by atoms with Gasteiger partial charge in [0, 0.05) is 13.1 Å². The predicted octanol–water partition coefficient (Wildman–Crippen LogP) is 4.69. The topological polar surface area (TPSA) is 49.8 Å². The lowest BCUT2D eigenvalue weighted by Gasteiger charge is -2.26. The van der Waals surface area contributed by atoms with Gasteiger partial charge in [0.1, 0.15) is 22.4 Å². The number of rotatable bonds is 7. The van der Waals surface area contributed by atoms with Crippen LogP contribution in [0.3, 0.4) is 0 Å². The van der Waals surface area contributed by atoms with E-state index in [-0.39, 0.29) is 0 Å². The third-order valence-corrected chi connectivity index (χ3v) is 5.06. The van der Waals surface area contributed by atoms with Crippen LogP contribution in [0.1, 0.15) is 52.4 Å². The molecule has 0 aliphatic heterocycles. The van der Waals surface area contributed by atoms with Crippen LogP contribution >= 0.6 is 15.9 Å². The molecule has 5 heteroatoms. The maximum absolute atomic E-state index is 4.33. The summed E-state index contributed by atoms with van der Waals surface area (Å²) in [5.41, 5.74) is 0. The number of aromatic nitrogens is 2. The summed E-state index contributed by atoms with van der Waals surface area (Å²) >= 11 is 3.60. The molecule has 0 radical (unpaired) electrons. The minimum absolute atomic E-state index is 0.876. The summed E-state index contributed by atoms with van der Waals surface area (Å²) in [4.78, 5) is 8.61. The van der Waals surface area contributed by atoms with Crippen molar-refractivity contribution in [3.05, 3.63) is 10.8 Å². The van der Waals surface area contributed by atoms with Crippen molar-refractivity contribution in [1.29, 1.82) is 0 Å². The fraction of sp³-hybridized carbons (Fsp3) is 0.750. The fourth-order valence-electron chi connectivity index (χ4n) is 2.87. The van der Waals surface area contributed by atoms with Crippen molar-refractivity contribution in [2.75, 3.05) is 23.7 Å². The van der Waals surface area contributed by atoms with E-state index in [2.05, 4.69) is 50.4 Å². The van der Waals surface area contributed by atoms with Gasteiger partial charge in [0.25, 0.3) is 0 Å². The van der Waals surface area contributed by atoms with Crippen molar-refractivity contribution in [3.63, 3.8) is 0 Å². The Hall–Kier alpha value is -0.840. The van der Waals surface area contributed by atoms with E-state index in [1.165, 1.54) is 32.1 Å².